The van der Waals surface area contributed by atoms with Crippen molar-refractivity contribution in [2.75, 3.05) is 13.7 Å². The van der Waals surface area contributed by atoms with Gasteiger partial charge >= 0.3 is 0 Å². The van der Waals surface area contributed by atoms with Gasteiger partial charge in [0.25, 0.3) is 0 Å². The van der Waals surface area contributed by atoms with Crippen LogP contribution >= 0.6 is 0 Å². The molecule has 0 bridgehead atoms. The van der Waals surface area contributed by atoms with Crippen molar-refractivity contribution >= 4 is 0 Å². The van der Waals surface area contributed by atoms with Crippen molar-refractivity contribution in [2.45, 2.75) is 20.4 Å². The van der Waals surface area contributed by atoms with E-state index in [-0.39, 0.29) is 5.82 Å². The SMILES string of the molecule is CCNCc1cc(OC)ccc1-c1cc(C)ccc1F. The Morgan fingerprint density at radius 3 is 2.60 bits per heavy atom. The summed E-state index contributed by atoms with van der Waals surface area (Å²) in [4.78, 5) is 0. The lowest BCUT2D eigenvalue weighted by Gasteiger charge is -2.13. The van der Waals surface area contributed by atoms with Crippen LogP contribution in [0.1, 0.15) is 18.1 Å². The number of aryl methyl sites for hydroxylation is 1. The number of benzene rings is 2. The molecule has 2 aromatic carbocycles. The zero-order chi connectivity index (χ0) is 14.5. The van der Waals surface area contributed by atoms with Crippen LogP contribution in [0.4, 0.5) is 4.39 Å². The average Bonchev–Trinajstić information content (AvgIpc) is 2.47. The third-order valence-corrected chi connectivity index (χ3v) is 3.29. The molecule has 0 amide bonds. The number of nitrogens with one attached hydrogen (secondary N) is 1. The molecule has 0 unspecified atom stereocenters. The molecule has 0 atom stereocenters. The fraction of sp³-hybridized carbons (Fsp3) is 0.294. The Kier molecular flexibility index (Phi) is 4.74. The zero-order valence-electron chi connectivity index (χ0n) is 12.2. The molecule has 0 radical (unpaired) electrons. The minimum Gasteiger partial charge on any atom is -0.497 e. The van der Waals surface area contributed by atoms with E-state index in [0.29, 0.717) is 12.1 Å². The molecule has 0 aliphatic rings. The van der Waals surface area contributed by atoms with Gasteiger partial charge in [-0.2, -0.15) is 0 Å². The topological polar surface area (TPSA) is 21.3 Å². The molecular formula is C17H20FNO. The van der Waals surface area contributed by atoms with E-state index in [2.05, 4.69) is 5.32 Å². The van der Waals surface area contributed by atoms with Gasteiger partial charge in [-0.15, -0.1) is 0 Å². The van der Waals surface area contributed by atoms with Crippen LogP contribution < -0.4 is 10.1 Å². The molecular weight excluding hydrogens is 253 g/mol. The van der Waals surface area contributed by atoms with E-state index in [1.807, 2.05) is 38.1 Å². The summed E-state index contributed by atoms with van der Waals surface area (Å²) in [6.45, 7) is 5.58. The van der Waals surface area contributed by atoms with E-state index < -0.39 is 0 Å². The van der Waals surface area contributed by atoms with Crippen LogP contribution in [-0.4, -0.2) is 13.7 Å². The molecule has 0 spiro atoms. The van der Waals surface area contributed by atoms with Crippen LogP contribution in [0.5, 0.6) is 5.75 Å². The highest BCUT2D eigenvalue weighted by Crippen LogP contribution is 2.30. The second-order valence-corrected chi connectivity index (χ2v) is 4.79. The summed E-state index contributed by atoms with van der Waals surface area (Å²) in [5.74, 6) is 0.591. The molecule has 0 aromatic heterocycles. The van der Waals surface area contributed by atoms with Crippen molar-refractivity contribution in [3.63, 3.8) is 0 Å². The van der Waals surface area contributed by atoms with Crippen molar-refractivity contribution in [3.8, 4) is 16.9 Å². The minimum absolute atomic E-state index is 0.196. The van der Waals surface area contributed by atoms with Gasteiger partial charge < -0.3 is 10.1 Å². The predicted octanol–water partition coefficient (Wildman–Crippen LogP) is 3.92. The Balaban J connectivity index is 2.51. The van der Waals surface area contributed by atoms with Crippen LogP contribution in [-0.2, 0) is 6.54 Å². The first kappa shape index (κ1) is 14.5. The van der Waals surface area contributed by atoms with Crippen LogP contribution in [0.3, 0.4) is 0 Å². The van der Waals surface area contributed by atoms with E-state index in [1.54, 1.807) is 13.2 Å². The second kappa shape index (κ2) is 6.53. The molecule has 0 aliphatic carbocycles. The molecule has 3 heteroatoms. The Morgan fingerprint density at radius 2 is 1.90 bits per heavy atom. The fourth-order valence-electron chi connectivity index (χ4n) is 2.21. The average molecular weight is 273 g/mol. The summed E-state index contributed by atoms with van der Waals surface area (Å²) in [6.07, 6.45) is 0. The maximum Gasteiger partial charge on any atom is 0.131 e. The number of methoxy groups -OCH3 is 1. The van der Waals surface area contributed by atoms with Gasteiger partial charge in [0.1, 0.15) is 11.6 Å². The van der Waals surface area contributed by atoms with E-state index in [1.165, 1.54) is 6.07 Å². The largest absolute Gasteiger partial charge is 0.497 e. The molecule has 0 saturated heterocycles. The molecule has 0 aliphatic heterocycles. The first-order valence-electron chi connectivity index (χ1n) is 6.80. The summed E-state index contributed by atoms with van der Waals surface area (Å²) in [5.41, 5.74) is 3.64. The normalized spacial score (nSPS) is 10.6. The van der Waals surface area contributed by atoms with Crippen LogP contribution in [0, 0.1) is 12.7 Å². The molecule has 0 fully saturated rings. The number of ether oxygens (including phenoxy) is 1. The summed E-state index contributed by atoms with van der Waals surface area (Å²) < 4.78 is 19.3. The monoisotopic (exact) mass is 273 g/mol. The smallest absolute Gasteiger partial charge is 0.131 e. The first-order chi connectivity index (χ1) is 9.65. The summed E-state index contributed by atoms with van der Waals surface area (Å²) >= 11 is 0. The van der Waals surface area contributed by atoms with Crippen LogP contribution in [0.15, 0.2) is 36.4 Å². The fourth-order valence-corrected chi connectivity index (χ4v) is 2.21. The van der Waals surface area contributed by atoms with Gasteiger partial charge in [-0.25, -0.2) is 4.39 Å². The van der Waals surface area contributed by atoms with Gasteiger partial charge in [0.05, 0.1) is 7.11 Å². The second-order valence-electron chi connectivity index (χ2n) is 4.79. The zero-order valence-corrected chi connectivity index (χ0v) is 12.2. The molecule has 1 N–H and O–H groups in total. The first-order valence-corrected chi connectivity index (χ1v) is 6.80. The third kappa shape index (κ3) is 3.17. The highest BCUT2D eigenvalue weighted by atomic mass is 19.1. The highest BCUT2D eigenvalue weighted by Gasteiger charge is 2.11. The Bertz CT molecular complexity index is 596. The molecule has 2 aromatic rings. The maximum absolute atomic E-state index is 14.1. The molecule has 106 valence electrons. The van der Waals surface area contributed by atoms with Crippen LogP contribution in [0.2, 0.25) is 0 Å². The van der Waals surface area contributed by atoms with Crippen molar-refractivity contribution < 1.29 is 9.13 Å². The van der Waals surface area contributed by atoms with E-state index in [9.17, 15) is 4.39 Å². The van der Waals surface area contributed by atoms with E-state index in [4.69, 9.17) is 4.74 Å². The molecule has 0 saturated carbocycles. The quantitative estimate of drug-likeness (QED) is 0.891. The minimum atomic E-state index is -0.196. The Hall–Kier alpha value is -1.87. The number of halogens is 1. The number of rotatable bonds is 5. The lowest BCUT2D eigenvalue weighted by Crippen LogP contribution is -2.12. The van der Waals surface area contributed by atoms with Gasteiger partial charge in [-0.05, 0) is 48.9 Å². The van der Waals surface area contributed by atoms with Crippen molar-refractivity contribution in [1.29, 1.82) is 0 Å². The third-order valence-electron chi connectivity index (χ3n) is 3.29. The van der Waals surface area contributed by atoms with Gasteiger partial charge in [0.15, 0.2) is 0 Å². The Morgan fingerprint density at radius 1 is 1.10 bits per heavy atom. The summed E-state index contributed by atoms with van der Waals surface area (Å²) in [7, 11) is 1.64. The van der Waals surface area contributed by atoms with Crippen molar-refractivity contribution in [2.24, 2.45) is 0 Å². The number of hydrogen-bond donors (Lipinski definition) is 1. The van der Waals surface area contributed by atoms with Gasteiger partial charge in [-0.1, -0.05) is 24.6 Å². The standard InChI is InChI=1S/C17H20FNO/c1-4-19-11-13-10-14(20-3)6-7-15(13)16-9-12(2)5-8-17(16)18/h5-10,19H,4,11H2,1-3H3. The summed E-state index contributed by atoms with van der Waals surface area (Å²) in [5, 5.41) is 3.28. The Labute approximate surface area is 119 Å². The lowest BCUT2D eigenvalue weighted by molar-refractivity contribution is 0.414. The molecule has 2 nitrogen and oxygen atoms in total. The maximum atomic E-state index is 14.1. The van der Waals surface area contributed by atoms with Crippen LogP contribution in [0.25, 0.3) is 11.1 Å². The molecule has 20 heavy (non-hydrogen) atoms. The van der Waals surface area contributed by atoms with Gasteiger partial charge in [-0.3, -0.25) is 0 Å². The molecule has 2 rings (SSSR count). The molecule has 0 heterocycles. The predicted molar refractivity (Wildman–Crippen MR) is 80.5 cm³/mol. The van der Waals surface area contributed by atoms with E-state index >= 15 is 0 Å². The highest BCUT2D eigenvalue weighted by molar-refractivity contribution is 5.69. The lowest BCUT2D eigenvalue weighted by atomic mass is 9.97. The van der Waals surface area contributed by atoms with Gasteiger partial charge in [0.2, 0.25) is 0 Å². The van der Waals surface area contributed by atoms with Crippen molar-refractivity contribution in [1.82, 2.24) is 5.32 Å². The van der Waals surface area contributed by atoms with E-state index in [0.717, 1.165) is 29.0 Å². The summed E-state index contributed by atoms with van der Waals surface area (Å²) in [6, 6.07) is 10.9. The van der Waals surface area contributed by atoms with Gasteiger partial charge in [0, 0.05) is 12.1 Å². The number of hydrogen-bond acceptors (Lipinski definition) is 2. The van der Waals surface area contributed by atoms with Crippen molar-refractivity contribution in [3.05, 3.63) is 53.3 Å².